The van der Waals surface area contributed by atoms with E-state index in [2.05, 4.69) is 12.2 Å². The molecule has 0 aliphatic rings. The van der Waals surface area contributed by atoms with Crippen molar-refractivity contribution in [2.24, 2.45) is 5.92 Å². The largest absolute Gasteiger partial charge is 0.480 e. The molecule has 2 rings (SSSR count). The van der Waals surface area contributed by atoms with Crippen molar-refractivity contribution in [3.63, 3.8) is 0 Å². The summed E-state index contributed by atoms with van der Waals surface area (Å²) in [6.45, 7) is 3.92. The lowest BCUT2D eigenvalue weighted by Crippen LogP contribution is -2.44. The molecule has 4 nitrogen and oxygen atoms in total. The van der Waals surface area contributed by atoms with Crippen LogP contribution in [0.1, 0.15) is 38.7 Å². The van der Waals surface area contributed by atoms with E-state index in [9.17, 15) is 14.7 Å². The molecule has 0 radical (unpaired) electrons. The van der Waals surface area contributed by atoms with E-state index in [4.69, 9.17) is 0 Å². The quantitative estimate of drug-likeness (QED) is 0.775. The second-order valence-electron chi connectivity index (χ2n) is 6.29. The number of aliphatic carboxylic acids is 1. The van der Waals surface area contributed by atoms with Crippen LogP contribution in [0.25, 0.3) is 10.8 Å². The van der Waals surface area contributed by atoms with Crippen LogP contribution < -0.4 is 5.32 Å². The van der Waals surface area contributed by atoms with Gasteiger partial charge in [-0.15, -0.1) is 0 Å². The number of hydrogen-bond donors (Lipinski definition) is 2. The van der Waals surface area contributed by atoms with Crippen LogP contribution in [0, 0.1) is 5.92 Å². The van der Waals surface area contributed by atoms with Gasteiger partial charge in [-0.25, -0.2) is 4.79 Å². The van der Waals surface area contributed by atoms with E-state index in [0.717, 1.165) is 35.6 Å². The molecule has 4 heteroatoms. The third kappa shape index (κ3) is 4.57. The Morgan fingerprint density at radius 3 is 2.54 bits per heavy atom. The maximum atomic E-state index is 12.2. The van der Waals surface area contributed by atoms with Gasteiger partial charge in [-0.2, -0.15) is 0 Å². The molecule has 24 heavy (non-hydrogen) atoms. The Hall–Kier alpha value is -2.36. The zero-order chi connectivity index (χ0) is 17.5. The van der Waals surface area contributed by atoms with Gasteiger partial charge in [-0.05, 0) is 22.8 Å². The first kappa shape index (κ1) is 18.0. The van der Waals surface area contributed by atoms with Crippen molar-refractivity contribution in [3.8, 4) is 0 Å². The van der Waals surface area contributed by atoms with E-state index in [1.165, 1.54) is 0 Å². The first-order valence-corrected chi connectivity index (χ1v) is 8.52. The van der Waals surface area contributed by atoms with Crippen molar-refractivity contribution in [1.82, 2.24) is 5.32 Å². The Kier molecular flexibility index (Phi) is 6.36. The molecule has 2 atom stereocenters. The highest BCUT2D eigenvalue weighted by Gasteiger charge is 2.23. The number of carboxylic acid groups (broad SMARTS) is 1. The van der Waals surface area contributed by atoms with Gasteiger partial charge in [0, 0.05) is 12.3 Å². The van der Waals surface area contributed by atoms with Gasteiger partial charge in [0.15, 0.2) is 0 Å². The third-order valence-electron chi connectivity index (χ3n) is 4.36. The number of amides is 1. The van der Waals surface area contributed by atoms with E-state index < -0.39 is 12.0 Å². The summed E-state index contributed by atoms with van der Waals surface area (Å²) in [5.41, 5.74) is 0.932. The van der Waals surface area contributed by atoms with Crippen molar-refractivity contribution in [2.45, 2.75) is 45.6 Å². The number of carbonyl (C=O) groups excluding carboxylic acids is 1. The zero-order valence-electron chi connectivity index (χ0n) is 14.3. The minimum atomic E-state index is -1.00. The number of carbonyl (C=O) groups is 2. The smallest absolute Gasteiger partial charge is 0.326 e. The molecule has 1 amide bonds. The zero-order valence-corrected chi connectivity index (χ0v) is 14.3. The SMILES string of the molecule is CCCCC(C)C(=O)N[C@@H](Cc1cccc2ccccc12)C(=O)O. The number of rotatable bonds is 8. The minimum absolute atomic E-state index is 0.167. The molecule has 0 spiro atoms. The first-order valence-electron chi connectivity index (χ1n) is 8.52. The molecule has 2 N–H and O–H groups in total. The average molecular weight is 327 g/mol. The van der Waals surface area contributed by atoms with Gasteiger partial charge in [-0.1, -0.05) is 69.2 Å². The van der Waals surface area contributed by atoms with Crippen molar-refractivity contribution in [2.75, 3.05) is 0 Å². The van der Waals surface area contributed by atoms with Crippen molar-refractivity contribution in [1.29, 1.82) is 0 Å². The Bertz CT molecular complexity index is 706. The van der Waals surface area contributed by atoms with E-state index in [-0.39, 0.29) is 18.2 Å². The van der Waals surface area contributed by atoms with Crippen LogP contribution in [0.3, 0.4) is 0 Å². The Morgan fingerprint density at radius 2 is 1.83 bits per heavy atom. The maximum absolute atomic E-state index is 12.2. The van der Waals surface area contributed by atoms with Gasteiger partial charge in [0.05, 0.1) is 0 Å². The fourth-order valence-corrected chi connectivity index (χ4v) is 2.85. The van der Waals surface area contributed by atoms with Crippen LogP contribution in [0.15, 0.2) is 42.5 Å². The highest BCUT2D eigenvalue weighted by Crippen LogP contribution is 2.20. The summed E-state index contributed by atoms with van der Waals surface area (Å²) < 4.78 is 0. The number of fused-ring (bicyclic) bond motifs is 1. The molecule has 1 unspecified atom stereocenters. The van der Waals surface area contributed by atoms with Crippen molar-refractivity contribution in [3.05, 3.63) is 48.0 Å². The molecule has 128 valence electrons. The van der Waals surface area contributed by atoms with Gasteiger partial charge in [0.1, 0.15) is 6.04 Å². The molecule has 0 bridgehead atoms. The van der Waals surface area contributed by atoms with Crippen LogP contribution in [0.4, 0.5) is 0 Å². The number of nitrogens with one attached hydrogen (secondary N) is 1. The fraction of sp³-hybridized carbons (Fsp3) is 0.400. The second kappa shape index (κ2) is 8.48. The topological polar surface area (TPSA) is 66.4 Å². The lowest BCUT2D eigenvalue weighted by atomic mass is 9.97. The van der Waals surface area contributed by atoms with E-state index in [1.807, 2.05) is 49.4 Å². The lowest BCUT2D eigenvalue weighted by molar-refractivity contribution is -0.142. The summed E-state index contributed by atoms with van der Waals surface area (Å²) in [4.78, 5) is 23.8. The normalized spacial score (nSPS) is 13.4. The van der Waals surface area contributed by atoms with Gasteiger partial charge >= 0.3 is 5.97 Å². The Morgan fingerprint density at radius 1 is 1.12 bits per heavy atom. The van der Waals surface area contributed by atoms with E-state index >= 15 is 0 Å². The molecule has 0 aliphatic carbocycles. The fourth-order valence-electron chi connectivity index (χ4n) is 2.85. The molecule has 0 heterocycles. The molecule has 0 fully saturated rings. The van der Waals surface area contributed by atoms with E-state index in [0.29, 0.717) is 0 Å². The minimum Gasteiger partial charge on any atom is -0.480 e. The van der Waals surface area contributed by atoms with Gasteiger partial charge in [-0.3, -0.25) is 4.79 Å². The molecule has 0 saturated heterocycles. The van der Waals surface area contributed by atoms with Crippen LogP contribution in [-0.4, -0.2) is 23.0 Å². The number of unbranched alkanes of at least 4 members (excludes halogenated alkanes) is 1. The predicted molar refractivity (Wildman–Crippen MR) is 95.9 cm³/mol. The summed E-state index contributed by atoms with van der Waals surface area (Å²) in [5.74, 6) is -1.35. The summed E-state index contributed by atoms with van der Waals surface area (Å²) in [6, 6.07) is 12.8. The second-order valence-corrected chi connectivity index (χ2v) is 6.29. The summed E-state index contributed by atoms with van der Waals surface area (Å²) in [5, 5.41) is 14.3. The summed E-state index contributed by atoms with van der Waals surface area (Å²) in [6.07, 6.45) is 3.05. The monoisotopic (exact) mass is 327 g/mol. The van der Waals surface area contributed by atoms with Crippen LogP contribution in [0.2, 0.25) is 0 Å². The van der Waals surface area contributed by atoms with E-state index in [1.54, 1.807) is 0 Å². The highest BCUT2D eigenvalue weighted by atomic mass is 16.4. The standard InChI is InChI=1S/C20H25NO3/c1-3-4-8-14(2)19(22)21-18(20(23)24)13-16-11-7-10-15-9-5-6-12-17(15)16/h5-7,9-12,14,18H,3-4,8,13H2,1-2H3,(H,21,22)(H,23,24)/t14?,18-/m0/s1. The molecule has 0 aliphatic heterocycles. The van der Waals surface area contributed by atoms with Crippen LogP contribution in [0.5, 0.6) is 0 Å². The first-order chi connectivity index (χ1) is 11.5. The summed E-state index contributed by atoms with van der Waals surface area (Å²) in [7, 11) is 0. The summed E-state index contributed by atoms with van der Waals surface area (Å²) >= 11 is 0. The maximum Gasteiger partial charge on any atom is 0.326 e. The Balaban J connectivity index is 2.13. The lowest BCUT2D eigenvalue weighted by Gasteiger charge is -2.18. The van der Waals surface area contributed by atoms with Crippen molar-refractivity contribution >= 4 is 22.6 Å². The Labute approximate surface area is 142 Å². The third-order valence-corrected chi connectivity index (χ3v) is 4.36. The number of carboxylic acids is 1. The van der Waals surface area contributed by atoms with Gasteiger partial charge in [0.25, 0.3) is 0 Å². The molecular weight excluding hydrogens is 302 g/mol. The van der Waals surface area contributed by atoms with Crippen LogP contribution in [-0.2, 0) is 16.0 Å². The highest BCUT2D eigenvalue weighted by molar-refractivity contribution is 5.88. The molecule has 2 aromatic carbocycles. The molecule has 2 aromatic rings. The molecule has 0 aromatic heterocycles. The van der Waals surface area contributed by atoms with Crippen molar-refractivity contribution < 1.29 is 14.7 Å². The van der Waals surface area contributed by atoms with Gasteiger partial charge in [0.2, 0.25) is 5.91 Å². The van der Waals surface area contributed by atoms with Gasteiger partial charge < -0.3 is 10.4 Å². The number of hydrogen-bond acceptors (Lipinski definition) is 2. The molecule has 0 saturated carbocycles. The molecular formula is C20H25NO3. The predicted octanol–water partition coefficient (Wildman–Crippen LogP) is 3.78. The number of benzene rings is 2. The van der Waals surface area contributed by atoms with Crippen LogP contribution >= 0.6 is 0 Å². The average Bonchev–Trinajstić information content (AvgIpc) is 2.59.